The summed E-state index contributed by atoms with van der Waals surface area (Å²) in [6, 6.07) is 8.92. The van der Waals surface area contributed by atoms with Crippen molar-refractivity contribution in [3.05, 3.63) is 35.9 Å². The molecule has 1 aromatic rings. The summed E-state index contributed by atoms with van der Waals surface area (Å²) in [6.07, 6.45) is -1.26. The van der Waals surface area contributed by atoms with E-state index in [0.717, 1.165) is 5.56 Å². The molecule has 0 spiro atoms. The molecule has 0 heterocycles. The highest BCUT2D eigenvalue weighted by atomic mass is 32.1. The molecule has 0 aliphatic rings. The number of rotatable bonds is 2. The van der Waals surface area contributed by atoms with Gasteiger partial charge in [0.15, 0.2) is 0 Å². The smallest absolute Gasteiger partial charge is 0.415 e. The quantitative estimate of drug-likeness (QED) is 0.734. The normalized spacial score (nSPS) is 9.43. The van der Waals surface area contributed by atoms with Crippen LogP contribution in [0.1, 0.15) is 5.56 Å². The van der Waals surface area contributed by atoms with Crippen LogP contribution >= 0.6 is 12.2 Å². The van der Waals surface area contributed by atoms with E-state index in [4.69, 9.17) is 10.2 Å². The number of hydrogen-bond acceptors (Lipinski definition) is 2. The lowest BCUT2D eigenvalue weighted by atomic mass is 10.2. The average molecular weight is 211 g/mol. The molecule has 0 bridgehead atoms. The second kappa shape index (κ2) is 4.57. The van der Waals surface area contributed by atoms with Gasteiger partial charge >= 0.3 is 6.09 Å². The molecule has 0 fully saturated rings. The Hall–Kier alpha value is -1.62. The molecule has 74 valence electrons. The summed E-state index contributed by atoms with van der Waals surface area (Å²) in [5.41, 5.74) is 0.770. The largest absolute Gasteiger partial charge is 0.486 e. The average Bonchev–Trinajstić information content (AvgIpc) is 2.15. The van der Waals surface area contributed by atoms with Crippen molar-refractivity contribution in [3.63, 3.8) is 0 Å². The lowest BCUT2D eigenvalue weighted by molar-refractivity contribution is 0.162. The number of benzene rings is 1. The molecule has 1 aromatic carbocycles. The van der Waals surface area contributed by atoms with Crippen LogP contribution in [0.2, 0.25) is 0 Å². The van der Waals surface area contributed by atoms with Gasteiger partial charge in [0.2, 0.25) is 0 Å². The molecule has 0 aliphatic carbocycles. The van der Waals surface area contributed by atoms with E-state index in [9.17, 15) is 4.79 Å². The van der Waals surface area contributed by atoms with E-state index in [2.05, 4.69) is 12.2 Å². The topological polar surface area (TPSA) is 60.8 Å². The first-order valence-corrected chi connectivity index (χ1v) is 4.29. The van der Waals surface area contributed by atoms with Crippen LogP contribution < -0.4 is 0 Å². The van der Waals surface area contributed by atoms with Gasteiger partial charge in [0.1, 0.15) is 0 Å². The van der Waals surface area contributed by atoms with Gasteiger partial charge in [0.25, 0.3) is 5.17 Å². The molecular weight excluding hydrogens is 202 g/mol. The lowest BCUT2D eigenvalue weighted by Gasteiger charge is -2.15. The maximum atomic E-state index is 10.6. The summed E-state index contributed by atoms with van der Waals surface area (Å²) in [7, 11) is 0. The van der Waals surface area contributed by atoms with Gasteiger partial charge in [0.05, 0.1) is 6.54 Å². The van der Waals surface area contributed by atoms with E-state index >= 15 is 0 Å². The maximum Gasteiger partial charge on any atom is 0.415 e. The Bertz CT molecular complexity index is 325. The van der Waals surface area contributed by atoms with Gasteiger partial charge in [-0.3, -0.25) is 0 Å². The number of amides is 1. The van der Waals surface area contributed by atoms with Crippen LogP contribution in [0.15, 0.2) is 30.3 Å². The van der Waals surface area contributed by atoms with Gasteiger partial charge in [-0.05, 0) is 17.8 Å². The standard InChI is InChI=1S/C9H9NO3S/c11-8(12)10(9(13)14)6-7-4-2-1-3-5-7/h1-5H,6H2,(H,11,12)(H,13,14). The van der Waals surface area contributed by atoms with Gasteiger partial charge in [-0.25, -0.2) is 9.69 Å². The number of nitrogens with zero attached hydrogens (tertiary/aromatic N) is 1. The molecule has 0 saturated heterocycles. The Balaban J connectivity index is 2.75. The van der Waals surface area contributed by atoms with E-state index in [1.165, 1.54) is 0 Å². The first-order chi connectivity index (χ1) is 6.61. The van der Waals surface area contributed by atoms with Gasteiger partial charge in [0, 0.05) is 0 Å². The molecule has 5 heteroatoms. The molecule has 0 radical (unpaired) electrons. The predicted octanol–water partition coefficient (Wildman–Crippen LogP) is 2.01. The van der Waals surface area contributed by atoms with Gasteiger partial charge in [-0.15, -0.1) is 0 Å². The molecule has 0 atom stereocenters. The lowest BCUT2D eigenvalue weighted by Crippen LogP contribution is -2.33. The Kier molecular flexibility index (Phi) is 3.41. The maximum absolute atomic E-state index is 10.6. The van der Waals surface area contributed by atoms with E-state index in [1.54, 1.807) is 24.3 Å². The molecular formula is C9H9NO3S. The van der Waals surface area contributed by atoms with Crippen molar-refractivity contribution >= 4 is 23.5 Å². The molecule has 0 unspecified atom stereocenters. The minimum Gasteiger partial charge on any atom is -0.486 e. The Morgan fingerprint density at radius 1 is 1.29 bits per heavy atom. The summed E-state index contributed by atoms with van der Waals surface area (Å²) in [6.45, 7) is 0.0610. The van der Waals surface area contributed by atoms with Crippen molar-refractivity contribution in [2.75, 3.05) is 0 Å². The second-order valence-electron chi connectivity index (χ2n) is 2.64. The summed E-state index contributed by atoms with van der Waals surface area (Å²) >= 11 is 4.39. The first kappa shape index (κ1) is 10.5. The zero-order valence-corrected chi connectivity index (χ0v) is 8.07. The van der Waals surface area contributed by atoms with Crippen molar-refractivity contribution in [3.8, 4) is 0 Å². The van der Waals surface area contributed by atoms with Crippen LogP contribution in [0.3, 0.4) is 0 Å². The van der Waals surface area contributed by atoms with Crippen molar-refractivity contribution in [1.82, 2.24) is 4.90 Å². The van der Waals surface area contributed by atoms with E-state index in [1.807, 2.05) is 6.07 Å². The van der Waals surface area contributed by atoms with Crippen molar-refractivity contribution in [2.24, 2.45) is 0 Å². The SMILES string of the molecule is O=C(O)N(Cc1ccccc1)C(O)=S. The van der Waals surface area contributed by atoms with Crippen LogP contribution in [-0.2, 0) is 6.54 Å². The Morgan fingerprint density at radius 2 is 1.86 bits per heavy atom. The highest BCUT2D eigenvalue weighted by Crippen LogP contribution is 2.04. The molecule has 2 N–H and O–H groups in total. The van der Waals surface area contributed by atoms with Crippen LogP contribution in [0.4, 0.5) is 4.79 Å². The minimum absolute atomic E-state index is 0.0610. The molecule has 1 amide bonds. The van der Waals surface area contributed by atoms with Crippen LogP contribution in [0, 0.1) is 0 Å². The monoisotopic (exact) mass is 211 g/mol. The summed E-state index contributed by atoms with van der Waals surface area (Å²) in [4.78, 5) is 11.3. The molecule has 0 saturated carbocycles. The number of thiocarbonyl (C=S) groups is 1. The highest BCUT2D eigenvalue weighted by molar-refractivity contribution is 7.79. The van der Waals surface area contributed by atoms with Crippen LogP contribution in [0.25, 0.3) is 0 Å². The van der Waals surface area contributed by atoms with Crippen molar-refractivity contribution < 1.29 is 15.0 Å². The number of hydrogen-bond donors (Lipinski definition) is 2. The molecule has 0 aromatic heterocycles. The summed E-state index contributed by atoms with van der Waals surface area (Å²) in [5, 5.41) is 17.0. The first-order valence-electron chi connectivity index (χ1n) is 3.88. The summed E-state index contributed by atoms with van der Waals surface area (Å²) in [5.74, 6) is 0. The molecule has 1 rings (SSSR count). The number of aliphatic hydroxyl groups excluding tert-OH is 1. The van der Waals surface area contributed by atoms with Gasteiger partial charge in [-0.1, -0.05) is 30.3 Å². The fourth-order valence-corrected chi connectivity index (χ4v) is 1.13. The zero-order chi connectivity index (χ0) is 10.6. The fraction of sp³-hybridized carbons (Fsp3) is 0.111. The second-order valence-corrected chi connectivity index (χ2v) is 3.00. The molecule has 14 heavy (non-hydrogen) atoms. The third kappa shape index (κ3) is 2.70. The number of aliphatic hydroxyl groups is 1. The van der Waals surface area contributed by atoms with E-state index < -0.39 is 11.3 Å². The van der Waals surface area contributed by atoms with Gasteiger partial charge < -0.3 is 10.2 Å². The summed E-state index contributed by atoms with van der Waals surface area (Å²) < 4.78 is 0. The highest BCUT2D eigenvalue weighted by Gasteiger charge is 2.15. The number of carbonyl (C=O) groups is 1. The van der Waals surface area contributed by atoms with E-state index in [0.29, 0.717) is 4.90 Å². The Morgan fingerprint density at radius 3 is 2.29 bits per heavy atom. The zero-order valence-electron chi connectivity index (χ0n) is 7.25. The van der Waals surface area contributed by atoms with Crippen LogP contribution in [0.5, 0.6) is 0 Å². The minimum atomic E-state index is -1.26. The molecule has 0 aliphatic heterocycles. The third-order valence-electron chi connectivity index (χ3n) is 1.65. The van der Waals surface area contributed by atoms with E-state index in [-0.39, 0.29) is 6.54 Å². The fourth-order valence-electron chi connectivity index (χ4n) is 0.983. The van der Waals surface area contributed by atoms with Crippen LogP contribution in [-0.4, -0.2) is 26.4 Å². The van der Waals surface area contributed by atoms with Crippen molar-refractivity contribution in [1.29, 1.82) is 0 Å². The van der Waals surface area contributed by atoms with Crippen molar-refractivity contribution in [2.45, 2.75) is 6.54 Å². The van der Waals surface area contributed by atoms with Gasteiger partial charge in [-0.2, -0.15) is 0 Å². The molecule has 4 nitrogen and oxygen atoms in total. The Labute approximate surface area is 86.4 Å². The third-order valence-corrected chi connectivity index (χ3v) is 1.87. The predicted molar refractivity (Wildman–Crippen MR) is 55.2 cm³/mol. The number of carboxylic acid groups (broad SMARTS) is 1.